The summed E-state index contributed by atoms with van der Waals surface area (Å²) in [7, 11) is 0. The number of hydrogen-bond acceptors (Lipinski definition) is 2. The van der Waals surface area contributed by atoms with E-state index in [1.165, 1.54) is 0 Å². The van der Waals surface area contributed by atoms with Crippen LogP contribution in [0.15, 0.2) is 0 Å². The fraction of sp³-hybridized carbons (Fsp3) is 0.909. The second-order valence-corrected chi connectivity index (χ2v) is 3.54. The Morgan fingerprint density at radius 1 is 1.21 bits per heavy atom. The van der Waals surface area contributed by atoms with Crippen LogP contribution in [0.25, 0.3) is 0 Å². The number of nitrogens with one attached hydrogen (secondary N) is 1. The molecule has 1 N–H and O–H groups in total. The first-order valence-electron chi connectivity index (χ1n) is 5.53. The summed E-state index contributed by atoms with van der Waals surface area (Å²) in [6.45, 7) is 12.6. The monoisotopic (exact) mass is 200 g/mol. The van der Waals surface area contributed by atoms with E-state index in [0.29, 0.717) is 12.4 Å². The van der Waals surface area contributed by atoms with Gasteiger partial charge in [0.15, 0.2) is 0 Å². The first-order valence-corrected chi connectivity index (χ1v) is 5.53. The lowest BCUT2D eigenvalue weighted by Crippen LogP contribution is -2.48. The summed E-state index contributed by atoms with van der Waals surface area (Å²) in [5.74, 6) is 0.604. The summed E-state index contributed by atoms with van der Waals surface area (Å²) in [6.07, 6.45) is 0.843. The third-order valence-electron chi connectivity index (χ3n) is 2.72. The highest BCUT2D eigenvalue weighted by Crippen LogP contribution is 2.18. The van der Waals surface area contributed by atoms with Crippen LogP contribution in [0.3, 0.4) is 0 Å². The predicted octanol–water partition coefficient (Wildman–Crippen LogP) is 2.51. The molecule has 0 radical (unpaired) electrons. The Bertz CT molecular complexity index is 178. The Morgan fingerprint density at radius 2 is 1.71 bits per heavy atom. The second kappa shape index (κ2) is 6.02. The minimum Gasteiger partial charge on any atom is -0.368 e. The molecule has 0 saturated carbocycles. The number of rotatable bonds is 6. The minimum atomic E-state index is -0.416. The van der Waals surface area contributed by atoms with E-state index in [-0.39, 0.29) is 0 Å². The number of ether oxygens (including phenoxy) is 1. The molecule has 0 rings (SSSR count). The fourth-order valence-electron chi connectivity index (χ4n) is 1.53. The maximum atomic E-state index is 8.10. The van der Waals surface area contributed by atoms with Crippen LogP contribution in [0.4, 0.5) is 0 Å². The Labute approximate surface area is 87.9 Å². The zero-order valence-electron chi connectivity index (χ0n) is 10.2. The molecule has 0 aromatic heterocycles. The highest BCUT2D eigenvalue weighted by Gasteiger charge is 2.30. The summed E-state index contributed by atoms with van der Waals surface area (Å²) in [5, 5.41) is 8.10. The Morgan fingerprint density at radius 3 is 2.00 bits per heavy atom. The van der Waals surface area contributed by atoms with Gasteiger partial charge in [-0.25, -0.2) is 0 Å². The van der Waals surface area contributed by atoms with Gasteiger partial charge in [-0.1, -0.05) is 6.92 Å². The largest absolute Gasteiger partial charge is 0.368 e. The molecule has 0 spiro atoms. The molecule has 0 bridgehead atoms. The summed E-state index contributed by atoms with van der Waals surface area (Å²) >= 11 is 0. The van der Waals surface area contributed by atoms with Crippen molar-refractivity contribution in [2.24, 2.45) is 0 Å². The molecule has 1 unspecified atom stereocenters. The summed E-state index contributed by atoms with van der Waals surface area (Å²) in [4.78, 5) is 2.04. The summed E-state index contributed by atoms with van der Waals surface area (Å²) in [6, 6.07) is 0. The van der Waals surface area contributed by atoms with Gasteiger partial charge in [0.25, 0.3) is 0 Å². The van der Waals surface area contributed by atoms with Gasteiger partial charge < -0.3 is 9.64 Å². The van der Waals surface area contributed by atoms with E-state index in [4.69, 9.17) is 10.1 Å². The van der Waals surface area contributed by atoms with E-state index in [9.17, 15) is 0 Å². The van der Waals surface area contributed by atoms with E-state index >= 15 is 0 Å². The van der Waals surface area contributed by atoms with Crippen LogP contribution in [-0.4, -0.2) is 36.0 Å². The maximum Gasteiger partial charge on any atom is 0.128 e. The molecule has 0 amide bonds. The average molecular weight is 200 g/mol. The molecule has 0 aliphatic carbocycles. The molecule has 0 saturated heterocycles. The van der Waals surface area contributed by atoms with Crippen LogP contribution >= 0.6 is 0 Å². The molecule has 0 fully saturated rings. The van der Waals surface area contributed by atoms with Crippen molar-refractivity contribution in [3.63, 3.8) is 0 Å². The van der Waals surface area contributed by atoms with Crippen LogP contribution in [0.1, 0.15) is 41.0 Å². The Hall–Kier alpha value is -0.570. The highest BCUT2D eigenvalue weighted by molar-refractivity contribution is 5.87. The summed E-state index contributed by atoms with van der Waals surface area (Å²) < 4.78 is 5.66. The zero-order chi connectivity index (χ0) is 11.2. The molecule has 14 heavy (non-hydrogen) atoms. The van der Waals surface area contributed by atoms with E-state index in [1.54, 1.807) is 0 Å². The van der Waals surface area contributed by atoms with Crippen molar-refractivity contribution < 1.29 is 4.74 Å². The SMILES string of the molecule is CCOC(C)(CC)C(=N)N(CC)CC. The number of nitrogens with zero attached hydrogens (tertiary/aromatic N) is 1. The van der Waals surface area contributed by atoms with E-state index in [0.717, 1.165) is 19.5 Å². The topological polar surface area (TPSA) is 36.3 Å². The van der Waals surface area contributed by atoms with Crippen molar-refractivity contribution in [1.82, 2.24) is 4.90 Å². The van der Waals surface area contributed by atoms with Gasteiger partial charge in [0.05, 0.1) is 0 Å². The molecule has 0 aromatic carbocycles. The van der Waals surface area contributed by atoms with Gasteiger partial charge >= 0.3 is 0 Å². The standard InChI is InChI=1S/C11H24N2O/c1-6-11(5,14-9-4)10(12)13(7-2)8-3/h12H,6-9H2,1-5H3. The first kappa shape index (κ1) is 13.4. The molecular formula is C11H24N2O. The Kier molecular flexibility index (Phi) is 5.77. The first-order chi connectivity index (χ1) is 6.55. The lowest BCUT2D eigenvalue weighted by atomic mass is 10.0. The van der Waals surface area contributed by atoms with Crippen LogP contribution in [-0.2, 0) is 4.74 Å². The van der Waals surface area contributed by atoms with Crippen molar-refractivity contribution in [1.29, 1.82) is 5.41 Å². The minimum absolute atomic E-state index is 0.416. The predicted molar refractivity (Wildman–Crippen MR) is 61.0 cm³/mol. The molecule has 0 aliphatic rings. The number of likely N-dealkylation sites (N-methyl/N-ethyl adjacent to an activating group) is 1. The van der Waals surface area contributed by atoms with Crippen molar-refractivity contribution >= 4 is 5.84 Å². The second-order valence-electron chi connectivity index (χ2n) is 3.54. The van der Waals surface area contributed by atoms with E-state index < -0.39 is 5.60 Å². The van der Waals surface area contributed by atoms with E-state index in [1.807, 2.05) is 18.7 Å². The van der Waals surface area contributed by atoms with Crippen molar-refractivity contribution in [2.45, 2.75) is 46.6 Å². The van der Waals surface area contributed by atoms with Crippen molar-refractivity contribution in [3.8, 4) is 0 Å². The molecule has 0 heterocycles. The van der Waals surface area contributed by atoms with Gasteiger partial charge in [0, 0.05) is 19.7 Å². The Balaban J connectivity index is 4.58. The number of amidine groups is 1. The smallest absolute Gasteiger partial charge is 0.128 e. The molecule has 3 nitrogen and oxygen atoms in total. The molecule has 84 valence electrons. The van der Waals surface area contributed by atoms with Crippen LogP contribution in [0.5, 0.6) is 0 Å². The van der Waals surface area contributed by atoms with Gasteiger partial charge in [0.2, 0.25) is 0 Å². The third kappa shape index (κ3) is 2.98. The van der Waals surface area contributed by atoms with Crippen LogP contribution in [0, 0.1) is 5.41 Å². The molecule has 1 atom stereocenters. The number of hydrogen-bond donors (Lipinski definition) is 1. The van der Waals surface area contributed by atoms with Gasteiger partial charge in [-0.05, 0) is 34.1 Å². The van der Waals surface area contributed by atoms with Gasteiger partial charge in [-0.15, -0.1) is 0 Å². The molecule has 3 heteroatoms. The van der Waals surface area contributed by atoms with Gasteiger partial charge in [-0.3, -0.25) is 5.41 Å². The zero-order valence-corrected chi connectivity index (χ0v) is 10.2. The summed E-state index contributed by atoms with van der Waals surface area (Å²) in [5.41, 5.74) is -0.416. The van der Waals surface area contributed by atoms with Crippen LogP contribution < -0.4 is 0 Å². The van der Waals surface area contributed by atoms with Gasteiger partial charge in [-0.2, -0.15) is 0 Å². The van der Waals surface area contributed by atoms with Gasteiger partial charge in [0.1, 0.15) is 11.4 Å². The molecule has 0 aliphatic heterocycles. The van der Waals surface area contributed by atoms with Crippen molar-refractivity contribution in [3.05, 3.63) is 0 Å². The maximum absolute atomic E-state index is 8.10. The molecular weight excluding hydrogens is 176 g/mol. The average Bonchev–Trinajstić information content (AvgIpc) is 2.19. The molecule has 0 aromatic rings. The lowest BCUT2D eigenvalue weighted by molar-refractivity contribution is 0.0170. The third-order valence-corrected chi connectivity index (χ3v) is 2.72. The van der Waals surface area contributed by atoms with Crippen molar-refractivity contribution in [2.75, 3.05) is 19.7 Å². The normalized spacial score (nSPS) is 14.9. The van der Waals surface area contributed by atoms with E-state index in [2.05, 4.69) is 20.8 Å². The fourth-order valence-corrected chi connectivity index (χ4v) is 1.53. The van der Waals surface area contributed by atoms with Crippen LogP contribution in [0.2, 0.25) is 0 Å². The lowest BCUT2D eigenvalue weighted by Gasteiger charge is -2.35. The quantitative estimate of drug-likeness (QED) is 0.528. The highest BCUT2D eigenvalue weighted by atomic mass is 16.5.